The second-order valence-electron chi connectivity index (χ2n) is 5.34. The van der Waals surface area contributed by atoms with E-state index in [4.69, 9.17) is 0 Å². The number of anilines is 1. The summed E-state index contributed by atoms with van der Waals surface area (Å²) in [5.74, 6) is 1.44. The molecule has 5 nitrogen and oxygen atoms in total. The highest BCUT2D eigenvalue weighted by molar-refractivity contribution is 9.10. The van der Waals surface area contributed by atoms with Gasteiger partial charge in [-0.05, 0) is 30.2 Å². The number of aromatic nitrogens is 3. The number of hydrogen-bond acceptors (Lipinski definition) is 4. The quantitative estimate of drug-likeness (QED) is 0.702. The highest BCUT2D eigenvalue weighted by Gasteiger charge is 2.06. The number of aromatic amines is 1. The Hall–Kier alpha value is -2.47. The van der Waals surface area contributed by atoms with E-state index in [1.54, 1.807) is 12.3 Å². The molecule has 0 fully saturated rings. The van der Waals surface area contributed by atoms with Gasteiger partial charge in [0, 0.05) is 40.6 Å². The number of nitrogens with one attached hydrogen (secondary N) is 2. The van der Waals surface area contributed by atoms with Crippen molar-refractivity contribution in [3.05, 3.63) is 74.7 Å². The molecule has 0 unspecified atom stereocenters. The van der Waals surface area contributed by atoms with Crippen molar-refractivity contribution in [2.75, 3.05) is 5.32 Å². The lowest BCUT2D eigenvalue weighted by atomic mass is 10.2. The van der Waals surface area contributed by atoms with E-state index >= 15 is 0 Å². The molecule has 122 valence electrons. The predicted octanol–water partition coefficient (Wildman–Crippen LogP) is 3.77. The number of pyridine rings is 1. The van der Waals surface area contributed by atoms with Crippen LogP contribution in [0.3, 0.4) is 0 Å². The van der Waals surface area contributed by atoms with Crippen molar-refractivity contribution in [3.8, 4) is 11.4 Å². The Morgan fingerprint density at radius 3 is 2.62 bits per heavy atom. The molecule has 0 aliphatic heterocycles. The fraction of sp³-hybridized carbons (Fsp3) is 0.167. The van der Waals surface area contributed by atoms with Crippen molar-refractivity contribution in [2.24, 2.45) is 0 Å². The molecular formula is C18H17BrN4O. The summed E-state index contributed by atoms with van der Waals surface area (Å²) in [7, 11) is 0. The van der Waals surface area contributed by atoms with E-state index in [9.17, 15) is 4.79 Å². The van der Waals surface area contributed by atoms with Crippen LogP contribution in [0.5, 0.6) is 0 Å². The van der Waals surface area contributed by atoms with Crippen LogP contribution in [-0.2, 0) is 13.0 Å². The van der Waals surface area contributed by atoms with Gasteiger partial charge < -0.3 is 10.3 Å². The van der Waals surface area contributed by atoms with E-state index < -0.39 is 0 Å². The highest BCUT2D eigenvalue weighted by Crippen LogP contribution is 2.21. The van der Waals surface area contributed by atoms with Gasteiger partial charge in [0.25, 0.3) is 0 Å². The number of H-pyrrole nitrogens is 1. The third-order valence-corrected chi connectivity index (χ3v) is 4.09. The smallest absolute Gasteiger partial charge is 0.248 e. The van der Waals surface area contributed by atoms with Gasteiger partial charge in [-0.15, -0.1) is 0 Å². The maximum Gasteiger partial charge on any atom is 0.248 e. The minimum atomic E-state index is -0.109. The predicted molar refractivity (Wildman–Crippen MR) is 98.9 cm³/mol. The molecule has 0 aliphatic rings. The topological polar surface area (TPSA) is 70.7 Å². The fourth-order valence-electron chi connectivity index (χ4n) is 2.29. The first-order chi connectivity index (χ1) is 11.6. The van der Waals surface area contributed by atoms with Crippen LogP contribution in [0.15, 0.2) is 57.9 Å². The van der Waals surface area contributed by atoms with Crippen molar-refractivity contribution in [1.82, 2.24) is 15.0 Å². The third kappa shape index (κ3) is 4.08. The normalized spacial score (nSPS) is 10.6. The molecule has 0 saturated heterocycles. The highest BCUT2D eigenvalue weighted by atomic mass is 79.9. The number of rotatable bonds is 5. The average molecular weight is 385 g/mol. The van der Waals surface area contributed by atoms with Gasteiger partial charge in [-0.1, -0.05) is 35.0 Å². The molecule has 0 amide bonds. The van der Waals surface area contributed by atoms with Crippen LogP contribution in [0.2, 0.25) is 0 Å². The molecule has 3 aromatic rings. The molecular weight excluding hydrogens is 368 g/mol. The molecule has 2 heterocycles. The van der Waals surface area contributed by atoms with Crippen LogP contribution in [0.4, 0.5) is 5.82 Å². The number of hydrogen-bond donors (Lipinski definition) is 2. The minimum Gasteiger partial charge on any atom is -0.366 e. The van der Waals surface area contributed by atoms with Crippen molar-refractivity contribution in [1.29, 1.82) is 0 Å². The first kappa shape index (κ1) is 16.4. The number of nitrogens with zero attached hydrogens (tertiary/aromatic N) is 2. The molecule has 24 heavy (non-hydrogen) atoms. The van der Waals surface area contributed by atoms with E-state index in [0.29, 0.717) is 12.4 Å². The van der Waals surface area contributed by atoms with E-state index in [1.807, 2.05) is 36.4 Å². The number of benzene rings is 1. The van der Waals surface area contributed by atoms with Gasteiger partial charge in [0.2, 0.25) is 5.56 Å². The van der Waals surface area contributed by atoms with E-state index in [1.165, 1.54) is 0 Å². The second-order valence-corrected chi connectivity index (χ2v) is 6.26. The summed E-state index contributed by atoms with van der Waals surface area (Å²) in [6, 6.07) is 13.3. The summed E-state index contributed by atoms with van der Waals surface area (Å²) in [4.78, 5) is 23.2. The zero-order valence-corrected chi connectivity index (χ0v) is 14.8. The van der Waals surface area contributed by atoms with Gasteiger partial charge in [0.05, 0.1) is 0 Å². The minimum absolute atomic E-state index is 0.109. The lowest BCUT2D eigenvalue weighted by Crippen LogP contribution is -2.09. The lowest BCUT2D eigenvalue weighted by molar-refractivity contribution is 0.991. The zero-order chi connectivity index (χ0) is 16.9. The van der Waals surface area contributed by atoms with Gasteiger partial charge >= 0.3 is 0 Å². The van der Waals surface area contributed by atoms with Crippen molar-refractivity contribution < 1.29 is 0 Å². The van der Waals surface area contributed by atoms with Crippen molar-refractivity contribution in [2.45, 2.75) is 19.9 Å². The van der Waals surface area contributed by atoms with Crippen molar-refractivity contribution in [3.63, 3.8) is 0 Å². The molecule has 2 N–H and O–H groups in total. The molecule has 1 aromatic carbocycles. The molecule has 0 radical (unpaired) electrons. The summed E-state index contributed by atoms with van der Waals surface area (Å²) in [5, 5.41) is 3.27. The molecule has 0 saturated carbocycles. The summed E-state index contributed by atoms with van der Waals surface area (Å²) < 4.78 is 1.02. The first-order valence-electron chi connectivity index (χ1n) is 7.69. The van der Waals surface area contributed by atoms with Gasteiger partial charge in [0.15, 0.2) is 5.82 Å². The summed E-state index contributed by atoms with van der Waals surface area (Å²) in [6.45, 7) is 2.60. The Labute approximate surface area is 148 Å². The zero-order valence-electron chi connectivity index (χ0n) is 13.2. The van der Waals surface area contributed by atoms with Crippen LogP contribution in [0, 0.1) is 0 Å². The lowest BCUT2D eigenvalue weighted by Gasteiger charge is -2.10. The Balaban J connectivity index is 1.86. The first-order valence-corrected chi connectivity index (χ1v) is 8.49. The number of aryl methyl sites for hydroxylation is 1. The molecule has 0 atom stereocenters. The Morgan fingerprint density at radius 1 is 1.12 bits per heavy atom. The summed E-state index contributed by atoms with van der Waals surface area (Å²) >= 11 is 3.44. The fourth-order valence-corrected chi connectivity index (χ4v) is 2.55. The largest absolute Gasteiger partial charge is 0.366 e. The maximum atomic E-state index is 11.4. The standard InChI is InChI=1S/C18H17BrN4O/c1-2-15-10-16(21-11-12-7-8-20-17(24)9-12)23-18(22-15)13-3-5-14(19)6-4-13/h3-10H,2,11H2,1H3,(H,20,24)(H,21,22,23). The molecule has 0 spiro atoms. The Kier molecular flexibility index (Phi) is 5.05. The molecule has 6 heteroatoms. The average Bonchev–Trinajstić information content (AvgIpc) is 2.60. The summed E-state index contributed by atoms with van der Waals surface area (Å²) in [5.41, 5.74) is 2.73. The van der Waals surface area contributed by atoms with Crippen LogP contribution < -0.4 is 10.9 Å². The summed E-state index contributed by atoms with van der Waals surface area (Å²) in [6.07, 6.45) is 2.47. The van der Waals surface area contributed by atoms with Crippen LogP contribution in [0.25, 0.3) is 11.4 Å². The van der Waals surface area contributed by atoms with E-state index in [-0.39, 0.29) is 5.56 Å². The van der Waals surface area contributed by atoms with Gasteiger partial charge in [-0.25, -0.2) is 9.97 Å². The van der Waals surface area contributed by atoms with Crippen LogP contribution >= 0.6 is 15.9 Å². The van der Waals surface area contributed by atoms with Gasteiger partial charge in [-0.2, -0.15) is 0 Å². The third-order valence-electron chi connectivity index (χ3n) is 3.56. The van der Waals surface area contributed by atoms with Crippen LogP contribution in [-0.4, -0.2) is 15.0 Å². The molecule has 0 bridgehead atoms. The van der Waals surface area contributed by atoms with Gasteiger partial charge in [0.1, 0.15) is 5.82 Å². The second kappa shape index (κ2) is 7.40. The van der Waals surface area contributed by atoms with Gasteiger partial charge in [-0.3, -0.25) is 4.79 Å². The Morgan fingerprint density at radius 2 is 1.92 bits per heavy atom. The Bertz CT molecular complexity index is 890. The molecule has 0 aliphatic carbocycles. The number of halogens is 1. The van der Waals surface area contributed by atoms with Crippen LogP contribution in [0.1, 0.15) is 18.2 Å². The SMILES string of the molecule is CCc1cc(NCc2cc[nH]c(=O)c2)nc(-c2ccc(Br)cc2)n1. The maximum absolute atomic E-state index is 11.4. The van der Waals surface area contributed by atoms with E-state index in [2.05, 4.69) is 43.1 Å². The van der Waals surface area contributed by atoms with E-state index in [0.717, 1.165) is 33.5 Å². The molecule has 2 aromatic heterocycles. The molecule has 3 rings (SSSR count). The monoisotopic (exact) mass is 384 g/mol. The van der Waals surface area contributed by atoms with Crippen molar-refractivity contribution >= 4 is 21.7 Å².